The molecule has 3 aliphatic heterocycles. The molecule has 1 spiro atoms. The van der Waals surface area contributed by atoms with Gasteiger partial charge in [-0.3, -0.25) is 19.3 Å². The fourth-order valence-electron chi connectivity index (χ4n) is 5.97. The standard InChI is InChI=1S/C30H39N5O4S/c1-21-18-31-29(40-21)34-26(36)20-35-14-10-24-23(19-35)9-5-6-11-30(12-15-39-16-13-30)28(38)33-25(27(37)32-24)17-22-7-3-2-4-8-22/h2-8,18,23-25H,9-17,19-20H2,1H3,(H,32,37)(H,33,38)(H,31,34,36)/t23-,24+,25-/m1/s1. The zero-order chi connectivity index (χ0) is 28.0. The van der Waals surface area contributed by atoms with Gasteiger partial charge in [0.2, 0.25) is 17.7 Å². The molecule has 10 heteroatoms. The lowest BCUT2D eigenvalue weighted by Crippen LogP contribution is -2.58. The highest BCUT2D eigenvalue weighted by Crippen LogP contribution is 2.36. The van der Waals surface area contributed by atoms with E-state index in [1.54, 1.807) is 6.20 Å². The van der Waals surface area contributed by atoms with Crippen LogP contribution in [0, 0.1) is 18.3 Å². The van der Waals surface area contributed by atoms with Gasteiger partial charge in [-0.2, -0.15) is 0 Å². The van der Waals surface area contributed by atoms with Gasteiger partial charge in [0.05, 0.1) is 12.0 Å². The number of thiazole rings is 1. The molecule has 1 aromatic heterocycles. The first kappa shape index (κ1) is 28.4. The Hall–Kier alpha value is -3.08. The average Bonchev–Trinajstić information content (AvgIpc) is 3.36. The van der Waals surface area contributed by atoms with Crippen molar-refractivity contribution in [2.24, 2.45) is 11.3 Å². The van der Waals surface area contributed by atoms with Crippen LogP contribution < -0.4 is 16.0 Å². The van der Waals surface area contributed by atoms with Gasteiger partial charge < -0.3 is 20.7 Å². The maximum atomic E-state index is 13.7. The van der Waals surface area contributed by atoms with Crippen LogP contribution in [0.4, 0.5) is 5.13 Å². The Balaban J connectivity index is 1.32. The van der Waals surface area contributed by atoms with Crippen LogP contribution in [0.2, 0.25) is 0 Å². The molecule has 214 valence electrons. The number of fused-ring (bicyclic) bond motifs is 1. The number of benzene rings is 1. The Kier molecular flexibility index (Phi) is 9.29. The maximum Gasteiger partial charge on any atom is 0.243 e. The number of rotatable bonds is 5. The van der Waals surface area contributed by atoms with Crippen LogP contribution in [-0.2, 0) is 25.5 Å². The fourth-order valence-corrected chi connectivity index (χ4v) is 6.65. The van der Waals surface area contributed by atoms with E-state index in [2.05, 4.69) is 38.0 Å². The third kappa shape index (κ3) is 7.16. The SMILES string of the molecule is Cc1cnc(NC(=O)CN2CC[C@@H]3NC(=O)[C@@H](Cc4ccccc4)NC(=O)C4(CC=CC[C@@H]3C2)CCOCC4)s1. The number of hydrogen-bond acceptors (Lipinski definition) is 7. The van der Waals surface area contributed by atoms with Crippen molar-refractivity contribution in [3.63, 3.8) is 0 Å². The topological polar surface area (TPSA) is 113 Å². The van der Waals surface area contributed by atoms with E-state index in [9.17, 15) is 14.4 Å². The number of aromatic nitrogens is 1. The molecule has 40 heavy (non-hydrogen) atoms. The predicted octanol–water partition coefficient (Wildman–Crippen LogP) is 3.07. The number of carbonyl (C=O) groups excluding carboxylic acids is 3. The third-order valence-corrected chi connectivity index (χ3v) is 9.16. The first-order chi connectivity index (χ1) is 19.4. The van der Waals surface area contributed by atoms with Gasteiger partial charge in [-0.1, -0.05) is 42.5 Å². The molecule has 4 heterocycles. The second kappa shape index (κ2) is 13.1. The van der Waals surface area contributed by atoms with Crippen LogP contribution in [0.3, 0.4) is 0 Å². The lowest BCUT2D eigenvalue weighted by Gasteiger charge is -2.40. The van der Waals surface area contributed by atoms with E-state index in [-0.39, 0.29) is 36.2 Å². The molecule has 3 atom stereocenters. The molecule has 1 aromatic carbocycles. The molecule has 2 aromatic rings. The first-order valence-electron chi connectivity index (χ1n) is 14.2. The quantitative estimate of drug-likeness (QED) is 0.481. The summed E-state index contributed by atoms with van der Waals surface area (Å²) in [5.74, 6) is -0.135. The largest absolute Gasteiger partial charge is 0.381 e. The van der Waals surface area contributed by atoms with Gasteiger partial charge in [0.15, 0.2) is 5.13 Å². The number of hydrogen-bond donors (Lipinski definition) is 3. The molecule has 3 aliphatic rings. The number of carbonyl (C=O) groups is 3. The van der Waals surface area contributed by atoms with E-state index in [0.717, 1.165) is 23.3 Å². The van der Waals surface area contributed by atoms with Crippen molar-refractivity contribution < 1.29 is 19.1 Å². The van der Waals surface area contributed by atoms with E-state index < -0.39 is 11.5 Å². The highest BCUT2D eigenvalue weighted by atomic mass is 32.1. The Morgan fingerprint density at radius 2 is 1.98 bits per heavy atom. The van der Waals surface area contributed by atoms with Gasteiger partial charge >= 0.3 is 0 Å². The van der Waals surface area contributed by atoms with Gasteiger partial charge in [0.1, 0.15) is 6.04 Å². The summed E-state index contributed by atoms with van der Waals surface area (Å²) in [5, 5.41) is 9.95. The number of likely N-dealkylation sites (tertiary alicyclic amines) is 1. The number of piperidine rings is 1. The molecular formula is C30H39N5O4S. The number of nitrogens with one attached hydrogen (secondary N) is 3. The molecule has 0 radical (unpaired) electrons. The number of allylic oxidation sites excluding steroid dienone is 2. The van der Waals surface area contributed by atoms with E-state index in [4.69, 9.17) is 4.74 Å². The molecule has 5 rings (SSSR count). The monoisotopic (exact) mass is 565 g/mol. The van der Waals surface area contributed by atoms with Crippen LogP contribution in [0.25, 0.3) is 0 Å². The van der Waals surface area contributed by atoms with Gasteiger partial charge in [0.25, 0.3) is 0 Å². The first-order valence-corrected chi connectivity index (χ1v) is 15.0. The van der Waals surface area contributed by atoms with Crippen molar-refractivity contribution >= 4 is 34.2 Å². The van der Waals surface area contributed by atoms with Crippen molar-refractivity contribution in [1.29, 1.82) is 0 Å². The van der Waals surface area contributed by atoms with Crippen LogP contribution in [0.15, 0.2) is 48.7 Å². The molecule has 9 nitrogen and oxygen atoms in total. The molecule has 0 unspecified atom stereocenters. The second-order valence-corrected chi connectivity index (χ2v) is 12.5. The number of amides is 3. The van der Waals surface area contributed by atoms with E-state index >= 15 is 0 Å². The Morgan fingerprint density at radius 3 is 2.73 bits per heavy atom. The number of nitrogens with zero attached hydrogens (tertiary/aromatic N) is 2. The summed E-state index contributed by atoms with van der Waals surface area (Å²) in [7, 11) is 0. The highest BCUT2D eigenvalue weighted by Gasteiger charge is 2.41. The Labute approximate surface area is 239 Å². The Morgan fingerprint density at radius 1 is 1.18 bits per heavy atom. The predicted molar refractivity (Wildman–Crippen MR) is 155 cm³/mol. The summed E-state index contributed by atoms with van der Waals surface area (Å²) >= 11 is 1.46. The van der Waals surface area contributed by atoms with Gasteiger partial charge in [-0.25, -0.2) is 4.98 Å². The molecule has 0 aliphatic carbocycles. The zero-order valence-electron chi connectivity index (χ0n) is 23.1. The third-order valence-electron chi connectivity index (χ3n) is 8.33. The van der Waals surface area contributed by atoms with E-state index in [1.165, 1.54) is 11.3 Å². The summed E-state index contributed by atoms with van der Waals surface area (Å²) < 4.78 is 5.59. The van der Waals surface area contributed by atoms with Crippen molar-refractivity contribution in [3.8, 4) is 0 Å². The van der Waals surface area contributed by atoms with Gasteiger partial charge in [0, 0.05) is 49.8 Å². The summed E-state index contributed by atoms with van der Waals surface area (Å²) in [4.78, 5) is 47.6. The molecule has 0 saturated carbocycles. The minimum atomic E-state index is -0.663. The van der Waals surface area contributed by atoms with Crippen molar-refractivity contribution in [2.45, 2.75) is 57.5 Å². The van der Waals surface area contributed by atoms with E-state index in [1.807, 2.05) is 37.3 Å². The van der Waals surface area contributed by atoms with Crippen LogP contribution in [-0.4, -0.2) is 72.5 Å². The summed E-state index contributed by atoms with van der Waals surface area (Å²) in [5.41, 5.74) is 0.428. The van der Waals surface area contributed by atoms with Gasteiger partial charge in [-0.05, 0) is 50.5 Å². The lowest BCUT2D eigenvalue weighted by atomic mass is 9.75. The van der Waals surface area contributed by atoms with Crippen molar-refractivity contribution in [3.05, 3.63) is 59.1 Å². The smallest absolute Gasteiger partial charge is 0.243 e. The minimum Gasteiger partial charge on any atom is -0.381 e. The number of ether oxygens (including phenoxy) is 1. The summed E-state index contributed by atoms with van der Waals surface area (Å²) in [6.07, 6.45) is 9.87. The molecule has 2 fully saturated rings. The van der Waals surface area contributed by atoms with Crippen LogP contribution in [0.1, 0.15) is 42.5 Å². The summed E-state index contributed by atoms with van der Waals surface area (Å²) in [6.45, 7) is 4.74. The lowest BCUT2D eigenvalue weighted by molar-refractivity contribution is -0.140. The average molecular weight is 566 g/mol. The highest BCUT2D eigenvalue weighted by molar-refractivity contribution is 7.15. The van der Waals surface area contributed by atoms with Crippen LogP contribution in [0.5, 0.6) is 0 Å². The fraction of sp³-hybridized carbons (Fsp3) is 0.533. The minimum absolute atomic E-state index is 0.0373. The number of aryl methyl sites for hydroxylation is 1. The van der Waals surface area contributed by atoms with E-state index in [0.29, 0.717) is 57.1 Å². The zero-order valence-corrected chi connectivity index (χ0v) is 23.9. The summed E-state index contributed by atoms with van der Waals surface area (Å²) in [6, 6.07) is 9.13. The van der Waals surface area contributed by atoms with Crippen LogP contribution >= 0.6 is 11.3 Å². The van der Waals surface area contributed by atoms with Gasteiger partial charge in [-0.15, -0.1) is 11.3 Å². The normalized spacial score (nSPS) is 25.7. The van der Waals surface area contributed by atoms with Crippen molar-refractivity contribution in [2.75, 3.05) is 38.2 Å². The molecule has 0 bridgehead atoms. The van der Waals surface area contributed by atoms with Crippen molar-refractivity contribution in [1.82, 2.24) is 20.5 Å². The molecular weight excluding hydrogens is 526 g/mol. The number of anilines is 1. The molecule has 3 N–H and O–H groups in total. The second-order valence-electron chi connectivity index (χ2n) is 11.2. The Bertz CT molecular complexity index is 1210. The molecule has 3 amide bonds. The maximum absolute atomic E-state index is 13.7. The molecule has 2 saturated heterocycles.